The maximum Gasteiger partial charge on any atom is 0.127 e. The molecule has 0 radical (unpaired) electrons. The minimum absolute atomic E-state index is 0.598. The highest BCUT2D eigenvalue weighted by atomic mass is 15.3. The minimum Gasteiger partial charge on any atom is -0.383 e. The Balaban J connectivity index is 1.75. The lowest BCUT2D eigenvalue weighted by Crippen LogP contribution is -2.18. The maximum absolute atomic E-state index is 5.93. The normalized spacial score (nSPS) is 11.2. The van der Waals surface area contributed by atoms with Crippen molar-refractivity contribution in [2.45, 2.75) is 26.9 Å². The van der Waals surface area contributed by atoms with E-state index in [1.54, 1.807) is 6.20 Å². The zero-order valence-electron chi connectivity index (χ0n) is 14.4. The number of nitrogens with two attached hydrogens (primary N) is 1. The van der Waals surface area contributed by atoms with Gasteiger partial charge in [0.25, 0.3) is 0 Å². The van der Waals surface area contributed by atoms with Crippen LogP contribution in [0, 0.1) is 13.8 Å². The summed E-state index contributed by atoms with van der Waals surface area (Å²) in [5, 5.41) is 4.56. The number of anilines is 1. The number of hydrogen-bond donors (Lipinski definition) is 1. The summed E-state index contributed by atoms with van der Waals surface area (Å²) in [5.74, 6) is 0.598. The van der Waals surface area contributed by atoms with E-state index in [1.165, 1.54) is 5.56 Å². The first-order valence-corrected chi connectivity index (χ1v) is 8.03. The van der Waals surface area contributed by atoms with E-state index in [0.717, 1.165) is 35.7 Å². The second-order valence-corrected chi connectivity index (χ2v) is 6.23. The van der Waals surface area contributed by atoms with Crippen LogP contribution in [0.15, 0.2) is 48.7 Å². The zero-order chi connectivity index (χ0) is 17.1. The lowest BCUT2D eigenvalue weighted by Gasteiger charge is -2.18. The molecule has 2 heterocycles. The fourth-order valence-electron chi connectivity index (χ4n) is 2.92. The molecular formula is C19H23N5. The van der Waals surface area contributed by atoms with Crippen LogP contribution in [-0.4, -0.2) is 26.7 Å². The highest BCUT2D eigenvalue weighted by molar-refractivity contribution is 5.39. The molecule has 2 aromatic heterocycles. The molecule has 0 amide bonds. The summed E-state index contributed by atoms with van der Waals surface area (Å²) >= 11 is 0. The SMILES string of the molecule is Cc1cc(C)n(-c2cccc(CN(C)Cc3cccnc3N)c2)n1. The Hall–Kier alpha value is -2.66. The monoisotopic (exact) mass is 321 g/mol. The Morgan fingerprint density at radius 1 is 1.08 bits per heavy atom. The van der Waals surface area contributed by atoms with Crippen molar-refractivity contribution in [2.24, 2.45) is 0 Å². The number of aromatic nitrogens is 3. The molecule has 24 heavy (non-hydrogen) atoms. The van der Waals surface area contributed by atoms with Gasteiger partial charge in [-0.1, -0.05) is 18.2 Å². The minimum atomic E-state index is 0.598. The predicted octanol–water partition coefficient (Wildman–Crippen LogP) is 3.10. The molecule has 3 aromatic rings. The molecule has 2 N–H and O–H groups in total. The molecule has 0 atom stereocenters. The number of nitrogens with zero attached hydrogens (tertiary/aromatic N) is 4. The smallest absolute Gasteiger partial charge is 0.127 e. The average molecular weight is 321 g/mol. The second kappa shape index (κ2) is 6.84. The first kappa shape index (κ1) is 16.2. The van der Waals surface area contributed by atoms with Gasteiger partial charge in [-0.2, -0.15) is 5.10 Å². The summed E-state index contributed by atoms with van der Waals surface area (Å²) in [6, 6.07) is 14.5. The topological polar surface area (TPSA) is 60.0 Å². The second-order valence-electron chi connectivity index (χ2n) is 6.23. The van der Waals surface area contributed by atoms with Crippen molar-refractivity contribution < 1.29 is 0 Å². The molecule has 124 valence electrons. The van der Waals surface area contributed by atoms with E-state index < -0.39 is 0 Å². The average Bonchev–Trinajstić information content (AvgIpc) is 2.88. The van der Waals surface area contributed by atoms with Gasteiger partial charge in [0.2, 0.25) is 0 Å². The van der Waals surface area contributed by atoms with Crippen LogP contribution in [0.3, 0.4) is 0 Å². The van der Waals surface area contributed by atoms with Gasteiger partial charge in [0.1, 0.15) is 5.82 Å². The van der Waals surface area contributed by atoms with Crippen LogP contribution in [0.25, 0.3) is 5.69 Å². The number of pyridine rings is 1. The zero-order valence-corrected chi connectivity index (χ0v) is 14.4. The molecule has 0 saturated heterocycles. The Morgan fingerprint density at radius 2 is 1.92 bits per heavy atom. The molecule has 0 aliphatic heterocycles. The summed E-state index contributed by atoms with van der Waals surface area (Å²) in [7, 11) is 2.09. The van der Waals surface area contributed by atoms with Crippen LogP contribution in [0.2, 0.25) is 0 Å². The first-order chi connectivity index (χ1) is 11.5. The molecule has 5 nitrogen and oxygen atoms in total. The largest absolute Gasteiger partial charge is 0.383 e. The van der Waals surface area contributed by atoms with Gasteiger partial charge in [0, 0.05) is 30.5 Å². The van der Waals surface area contributed by atoms with E-state index in [4.69, 9.17) is 5.73 Å². The third kappa shape index (κ3) is 3.63. The lowest BCUT2D eigenvalue weighted by molar-refractivity contribution is 0.319. The molecule has 5 heteroatoms. The van der Waals surface area contributed by atoms with E-state index in [0.29, 0.717) is 5.82 Å². The van der Waals surface area contributed by atoms with Crippen LogP contribution in [0.1, 0.15) is 22.5 Å². The molecule has 0 saturated carbocycles. The van der Waals surface area contributed by atoms with Crippen LogP contribution < -0.4 is 5.73 Å². The van der Waals surface area contributed by atoms with Gasteiger partial charge in [-0.25, -0.2) is 9.67 Å². The third-order valence-corrected chi connectivity index (χ3v) is 3.98. The number of rotatable bonds is 5. The van der Waals surface area contributed by atoms with Crippen molar-refractivity contribution in [3.63, 3.8) is 0 Å². The van der Waals surface area contributed by atoms with Gasteiger partial charge in [-0.3, -0.25) is 4.90 Å². The number of benzene rings is 1. The van der Waals surface area contributed by atoms with Crippen LogP contribution in [0.5, 0.6) is 0 Å². The van der Waals surface area contributed by atoms with Gasteiger partial charge < -0.3 is 5.73 Å². The van der Waals surface area contributed by atoms with Crippen molar-refractivity contribution in [3.8, 4) is 5.69 Å². The lowest BCUT2D eigenvalue weighted by atomic mass is 10.1. The Kier molecular flexibility index (Phi) is 4.62. The Labute approximate surface area is 142 Å². The Morgan fingerprint density at radius 3 is 2.62 bits per heavy atom. The molecule has 0 spiro atoms. The number of aryl methyl sites for hydroxylation is 2. The number of hydrogen-bond acceptors (Lipinski definition) is 4. The van der Waals surface area contributed by atoms with Crippen LogP contribution in [0.4, 0.5) is 5.82 Å². The molecule has 0 aliphatic carbocycles. The van der Waals surface area contributed by atoms with E-state index in [-0.39, 0.29) is 0 Å². The number of nitrogen functional groups attached to an aromatic ring is 1. The summed E-state index contributed by atoms with van der Waals surface area (Å²) < 4.78 is 1.98. The highest BCUT2D eigenvalue weighted by Gasteiger charge is 2.08. The Bertz CT molecular complexity index is 837. The molecule has 3 rings (SSSR count). The van der Waals surface area contributed by atoms with E-state index in [9.17, 15) is 0 Å². The molecular weight excluding hydrogens is 298 g/mol. The van der Waals surface area contributed by atoms with Crippen molar-refractivity contribution in [1.82, 2.24) is 19.7 Å². The van der Waals surface area contributed by atoms with Crippen molar-refractivity contribution in [2.75, 3.05) is 12.8 Å². The van der Waals surface area contributed by atoms with Gasteiger partial charge in [0.05, 0.1) is 11.4 Å². The fourth-order valence-corrected chi connectivity index (χ4v) is 2.92. The van der Waals surface area contributed by atoms with Gasteiger partial charge in [0.15, 0.2) is 0 Å². The molecule has 0 unspecified atom stereocenters. The summed E-state index contributed by atoms with van der Waals surface area (Å²) in [6.07, 6.45) is 1.72. The van der Waals surface area contributed by atoms with Crippen molar-refractivity contribution in [1.29, 1.82) is 0 Å². The van der Waals surface area contributed by atoms with Gasteiger partial charge in [-0.15, -0.1) is 0 Å². The predicted molar refractivity (Wildman–Crippen MR) is 96.9 cm³/mol. The summed E-state index contributed by atoms with van der Waals surface area (Å²) in [5.41, 5.74) is 11.5. The fraction of sp³-hybridized carbons (Fsp3) is 0.263. The van der Waals surface area contributed by atoms with E-state index >= 15 is 0 Å². The van der Waals surface area contributed by atoms with Crippen LogP contribution in [-0.2, 0) is 13.1 Å². The third-order valence-electron chi connectivity index (χ3n) is 3.98. The highest BCUT2D eigenvalue weighted by Crippen LogP contribution is 2.16. The quantitative estimate of drug-likeness (QED) is 0.784. The van der Waals surface area contributed by atoms with Crippen molar-refractivity contribution in [3.05, 3.63) is 71.2 Å². The molecule has 0 aliphatic rings. The first-order valence-electron chi connectivity index (χ1n) is 8.03. The summed E-state index contributed by atoms with van der Waals surface area (Å²) in [6.45, 7) is 5.69. The standard InChI is InChI=1S/C19H23N5/c1-14-10-15(2)24(22-14)18-8-4-6-16(11-18)12-23(3)13-17-7-5-9-21-19(17)20/h4-11H,12-13H2,1-3H3,(H2,20,21). The van der Waals surface area contributed by atoms with E-state index in [2.05, 4.69) is 59.3 Å². The van der Waals surface area contributed by atoms with Gasteiger partial charge in [-0.05, 0) is 50.7 Å². The molecule has 0 bridgehead atoms. The molecule has 1 aromatic carbocycles. The molecule has 0 fully saturated rings. The van der Waals surface area contributed by atoms with E-state index in [1.807, 2.05) is 23.7 Å². The van der Waals surface area contributed by atoms with Gasteiger partial charge >= 0.3 is 0 Å². The van der Waals surface area contributed by atoms with Crippen molar-refractivity contribution >= 4 is 5.82 Å². The summed E-state index contributed by atoms with van der Waals surface area (Å²) in [4.78, 5) is 6.37. The van der Waals surface area contributed by atoms with Crippen LogP contribution >= 0.6 is 0 Å². The maximum atomic E-state index is 5.93.